The smallest absolute Gasteiger partial charge is 0.337 e. The van der Waals surface area contributed by atoms with E-state index >= 15 is 0 Å². The SMILES string of the molecule is COC(=O)c1ccc2c(c1)NC(C)(C)CN2C. The van der Waals surface area contributed by atoms with Crippen LogP contribution in [0.2, 0.25) is 0 Å². The monoisotopic (exact) mass is 234 g/mol. The summed E-state index contributed by atoms with van der Waals surface area (Å²) in [5, 5.41) is 3.44. The minimum absolute atomic E-state index is 0.00348. The molecule has 0 atom stereocenters. The van der Waals surface area contributed by atoms with Crippen molar-refractivity contribution in [2.75, 3.05) is 30.9 Å². The zero-order valence-electron chi connectivity index (χ0n) is 10.7. The second-order valence-electron chi connectivity index (χ2n) is 5.09. The van der Waals surface area contributed by atoms with Gasteiger partial charge in [0, 0.05) is 19.1 Å². The number of rotatable bonds is 1. The lowest BCUT2D eigenvalue weighted by Gasteiger charge is -2.40. The van der Waals surface area contributed by atoms with Gasteiger partial charge in [-0.3, -0.25) is 0 Å². The molecule has 0 radical (unpaired) electrons. The van der Waals surface area contributed by atoms with Crippen LogP contribution < -0.4 is 10.2 Å². The van der Waals surface area contributed by atoms with E-state index in [4.69, 9.17) is 4.74 Å². The summed E-state index contributed by atoms with van der Waals surface area (Å²) in [5.41, 5.74) is 2.66. The Kier molecular flexibility index (Phi) is 2.73. The predicted octanol–water partition coefficient (Wildman–Crippen LogP) is 2.11. The Morgan fingerprint density at radius 1 is 1.47 bits per heavy atom. The third kappa shape index (κ3) is 2.20. The molecule has 92 valence electrons. The van der Waals surface area contributed by atoms with Gasteiger partial charge in [0.2, 0.25) is 0 Å². The summed E-state index contributed by atoms with van der Waals surface area (Å²) in [6.45, 7) is 5.20. The highest BCUT2D eigenvalue weighted by Crippen LogP contribution is 2.34. The molecule has 1 heterocycles. The van der Waals surface area contributed by atoms with E-state index < -0.39 is 0 Å². The Morgan fingerprint density at radius 2 is 2.18 bits per heavy atom. The maximum atomic E-state index is 11.5. The summed E-state index contributed by atoms with van der Waals surface area (Å²) < 4.78 is 4.73. The molecule has 0 saturated carbocycles. The average Bonchev–Trinajstić information content (AvgIpc) is 2.25. The molecule has 0 unspecified atom stereocenters. The van der Waals surface area contributed by atoms with E-state index in [9.17, 15) is 4.79 Å². The molecule has 2 rings (SSSR count). The maximum absolute atomic E-state index is 11.5. The Hall–Kier alpha value is -1.71. The molecule has 0 aliphatic carbocycles. The van der Waals surface area contributed by atoms with Gasteiger partial charge in [0.15, 0.2) is 0 Å². The Morgan fingerprint density at radius 3 is 2.82 bits per heavy atom. The highest BCUT2D eigenvalue weighted by atomic mass is 16.5. The molecule has 0 saturated heterocycles. The summed E-state index contributed by atoms with van der Waals surface area (Å²) in [7, 11) is 3.45. The molecule has 4 heteroatoms. The van der Waals surface area contributed by atoms with Crippen molar-refractivity contribution in [1.82, 2.24) is 0 Å². The number of likely N-dealkylation sites (N-methyl/N-ethyl adjacent to an activating group) is 1. The molecule has 0 aromatic heterocycles. The number of anilines is 2. The maximum Gasteiger partial charge on any atom is 0.337 e. The Balaban J connectivity index is 2.41. The minimum atomic E-state index is -0.305. The number of benzene rings is 1. The molecule has 0 bridgehead atoms. The molecule has 4 nitrogen and oxygen atoms in total. The van der Waals surface area contributed by atoms with E-state index in [1.807, 2.05) is 12.1 Å². The van der Waals surface area contributed by atoms with Crippen molar-refractivity contribution in [3.8, 4) is 0 Å². The highest BCUT2D eigenvalue weighted by Gasteiger charge is 2.27. The molecular formula is C13H18N2O2. The van der Waals surface area contributed by atoms with Crippen molar-refractivity contribution in [3.63, 3.8) is 0 Å². The quantitative estimate of drug-likeness (QED) is 0.756. The van der Waals surface area contributed by atoms with Crippen LogP contribution in [0.25, 0.3) is 0 Å². The molecule has 1 aliphatic rings. The Bertz CT molecular complexity index is 455. The normalized spacial score (nSPS) is 17.1. The molecule has 1 aromatic rings. The third-order valence-corrected chi connectivity index (χ3v) is 2.93. The first-order chi connectivity index (χ1) is 7.93. The first kappa shape index (κ1) is 11.8. The van der Waals surface area contributed by atoms with Gasteiger partial charge in [-0.2, -0.15) is 0 Å². The zero-order valence-corrected chi connectivity index (χ0v) is 10.7. The number of nitrogens with zero attached hydrogens (tertiary/aromatic N) is 1. The van der Waals surface area contributed by atoms with Crippen molar-refractivity contribution in [2.24, 2.45) is 0 Å². The van der Waals surface area contributed by atoms with Crippen molar-refractivity contribution >= 4 is 17.3 Å². The summed E-state index contributed by atoms with van der Waals surface area (Å²) in [6, 6.07) is 5.59. The van der Waals surface area contributed by atoms with Gasteiger partial charge in [-0.1, -0.05) is 0 Å². The van der Waals surface area contributed by atoms with Gasteiger partial charge in [0.1, 0.15) is 0 Å². The van der Waals surface area contributed by atoms with E-state index in [1.165, 1.54) is 7.11 Å². The van der Waals surface area contributed by atoms with E-state index in [-0.39, 0.29) is 11.5 Å². The van der Waals surface area contributed by atoms with Crippen LogP contribution in [0.1, 0.15) is 24.2 Å². The number of fused-ring (bicyclic) bond motifs is 1. The van der Waals surface area contributed by atoms with Crippen LogP contribution in [-0.2, 0) is 4.74 Å². The molecular weight excluding hydrogens is 216 g/mol. The van der Waals surface area contributed by atoms with Gasteiger partial charge in [0.25, 0.3) is 0 Å². The number of methoxy groups -OCH3 is 1. The molecule has 0 fully saturated rings. The number of carbonyl (C=O) groups excluding carboxylic acids is 1. The van der Waals surface area contributed by atoms with Gasteiger partial charge in [0.05, 0.1) is 24.0 Å². The number of nitrogens with one attached hydrogen (secondary N) is 1. The number of carbonyl (C=O) groups is 1. The zero-order chi connectivity index (χ0) is 12.6. The van der Waals surface area contributed by atoms with Crippen LogP contribution in [0.3, 0.4) is 0 Å². The van der Waals surface area contributed by atoms with E-state index in [0.717, 1.165) is 17.9 Å². The largest absolute Gasteiger partial charge is 0.465 e. The molecule has 17 heavy (non-hydrogen) atoms. The van der Waals surface area contributed by atoms with Crippen molar-refractivity contribution in [2.45, 2.75) is 19.4 Å². The first-order valence-corrected chi connectivity index (χ1v) is 5.65. The van der Waals surface area contributed by atoms with Crippen LogP contribution in [0.15, 0.2) is 18.2 Å². The van der Waals surface area contributed by atoms with Crippen LogP contribution in [0, 0.1) is 0 Å². The molecule has 1 N–H and O–H groups in total. The lowest BCUT2D eigenvalue weighted by molar-refractivity contribution is 0.0601. The summed E-state index contributed by atoms with van der Waals surface area (Å²) in [6.07, 6.45) is 0. The van der Waals surface area contributed by atoms with Crippen molar-refractivity contribution < 1.29 is 9.53 Å². The Labute approximate surface area is 102 Å². The van der Waals surface area contributed by atoms with Crippen LogP contribution in [0.4, 0.5) is 11.4 Å². The average molecular weight is 234 g/mol. The standard InChI is InChI=1S/C13H18N2O2/c1-13(2)8-15(3)11-6-5-9(12(16)17-4)7-10(11)14-13/h5-7,14H,8H2,1-4H3. The molecule has 0 spiro atoms. The van der Waals surface area contributed by atoms with Gasteiger partial charge in [-0.15, -0.1) is 0 Å². The molecule has 0 amide bonds. The lowest BCUT2D eigenvalue weighted by atomic mass is 9.99. The van der Waals surface area contributed by atoms with Crippen molar-refractivity contribution in [1.29, 1.82) is 0 Å². The first-order valence-electron chi connectivity index (χ1n) is 5.65. The van der Waals surface area contributed by atoms with Crippen LogP contribution >= 0.6 is 0 Å². The van der Waals surface area contributed by atoms with E-state index in [2.05, 4.69) is 31.1 Å². The minimum Gasteiger partial charge on any atom is -0.465 e. The fraction of sp³-hybridized carbons (Fsp3) is 0.462. The predicted molar refractivity (Wildman–Crippen MR) is 68.8 cm³/mol. The number of ether oxygens (including phenoxy) is 1. The fourth-order valence-corrected chi connectivity index (χ4v) is 2.30. The van der Waals surface area contributed by atoms with Gasteiger partial charge in [-0.05, 0) is 32.0 Å². The topological polar surface area (TPSA) is 41.6 Å². The fourth-order valence-electron chi connectivity index (χ4n) is 2.30. The third-order valence-electron chi connectivity index (χ3n) is 2.93. The highest BCUT2D eigenvalue weighted by molar-refractivity contribution is 5.92. The summed E-state index contributed by atoms with van der Waals surface area (Å²) in [4.78, 5) is 13.7. The number of esters is 1. The van der Waals surface area contributed by atoms with E-state index in [1.54, 1.807) is 6.07 Å². The molecule has 1 aliphatic heterocycles. The van der Waals surface area contributed by atoms with Crippen molar-refractivity contribution in [3.05, 3.63) is 23.8 Å². The molecule has 1 aromatic carbocycles. The van der Waals surface area contributed by atoms with Crippen LogP contribution in [-0.4, -0.2) is 32.2 Å². The second kappa shape index (κ2) is 3.95. The van der Waals surface area contributed by atoms with Gasteiger partial charge < -0.3 is 15.0 Å². The van der Waals surface area contributed by atoms with Gasteiger partial charge in [-0.25, -0.2) is 4.79 Å². The van der Waals surface area contributed by atoms with Gasteiger partial charge >= 0.3 is 5.97 Å². The number of hydrogen-bond donors (Lipinski definition) is 1. The lowest BCUT2D eigenvalue weighted by Crippen LogP contribution is -2.46. The van der Waals surface area contributed by atoms with E-state index in [0.29, 0.717) is 5.56 Å². The number of hydrogen-bond acceptors (Lipinski definition) is 4. The summed E-state index contributed by atoms with van der Waals surface area (Å²) in [5.74, 6) is -0.305. The second-order valence-corrected chi connectivity index (χ2v) is 5.09. The summed E-state index contributed by atoms with van der Waals surface area (Å²) >= 11 is 0. The van der Waals surface area contributed by atoms with Crippen LogP contribution in [0.5, 0.6) is 0 Å².